The SMILES string of the molecule is Cc1cc(C2=NN(C3=NCCS3)[C@H](C)Cc3cc4c(cc32)OCO4)ccc1N. The number of rotatable bonds is 1. The van der Waals surface area contributed by atoms with E-state index in [-0.39, 0.29) is 12.8 Å². The van der Waals surface area contributed by atoms with Crippen molar-refractivity contribution in [2.45, 2.75) is 26.3 Å². The summed E-state index contributed by atoms with van der Waals surface area (Å²) in [6.07, 6.45) is 0.854. The summed E-state index contributed by atoms with van der Waals surface area (Å²) in [7, 11) is 0. The first kappa shape index (κ1) is 17.4. The van der Waals surface area contributed by atoms with Crippen LogP contribution in [0.15, 0.2) is 40.4 Å². The van der Waals surface area contributed by atoms with Crippen LogP contribution in [0.25, 0.3) is 0 Å². The number of hydrogen-bond donors (Lipinski definition) is 1. The van der Waals surface area contributed by atoms with Crippen molar-refractivity contribution in [3.05, 3.63) is 52.6 Å². The Labute approximate surface area is 168 Å². The van der Waals surface area contributed by atoms with E-state index in [2.05, 4.69) is 35.1 Å². The molecule has 5 rings (SSSR count). The molecule has 28 heavy (non-hydrogen) atoms. The number of nitrogen functional groups attached to an aromatic ring is 1. The number of nitrogens with zero attached hydrogens (tertiary/aromatic N) is 3. The molecule has 2 aromatic carbocycles. The quantitative estimate of drug-likeness (QED) is 0.751. The first-order valence-electron chi connectivity index (χ1n) is 9.44. The minimum Gasteiger partial charge on any atom is -0.454 e. The van der Waals surface area contributed by atoms with Crippen molar-refractivity contribution in [2.24, 2.45) is 10.1 Å². The lowest BCUT2D eigenvalue weighted by Gasteiger charge is -2.24. The first-order valence-corrected chi connectivity index (χ1v) is 10.4. The Kier molecular flexibility index (Phi) is 4.19. The molecule has 0 aromatic heterocycles. The van der Waals surface area contributed by atoms with Gasteiger partial charge in [0.15, 0.2) is 16.7 Å². The molecule has 0 saturated carbocycles. The number of hydrogen-bond acceptors (Lipinski definition) is 7. The van der Waals surface area contributed by atoms with Crippen LogP contribution in [0.4, 0.5) is 5.69 Å². The second kappa shape index (κ2) is 6.74. The third kappa shape index (κ3) is 2.90. The van der Waals surface area contributed by atoms with Gasteiger partial charge in [-0.2, -0.15) is 5.10 Å². The van der Waals surface area contributed by atoms with Crippen LogP contribution in [-0.4, -0.2) is 41.0 Å². The number of fused-ring (bicyclic) bond motifs is 2. The summed E-state index contributed by atoms with van der Waals surface area (Å²) in [6.45, 7) is 5.32. The molecule has 0 fully saturated rings. The highest BCUT2D eigenvalue weighted by atomic mass is 32.2. The van der Waals surface area contributed by atoms with E-state index < -0.39 is 0 Å². The van der Waals surface area contributed by atoms with E-state index in [1.54, 1.807) is 11.8 Å². The zero-order valence-corrected chi connectivity index (χ0v) is 16.8. The van der Waals surface area contributed by atoms with E-state index in [1.165, 1.54) is 5.56 Å². The smallest absolute Gasteiger partial charge is 0.231 e. The number of amidine groups is 1. The topological polar surface area (TPSA) is 72.4 Å². The third-order valence-electron chi connectivity index (χ3n) is 5.30. The second-order valence-electron chi connectivity index (χ2n) is 7.29. The van der Waals surface area contributed by atoms with Crippen LogP contribution < -0.4 is 15.2 Å². The highest BCUT2D eigenvalue weighted by Gasteiger charge is 2.30. The summed E-state index contributed by atoms with van der Waals surface area (Å²) in [4.78, 5) is 4.67. The van der Waals surface area contributed by atoms with Crippen molar-refractivity contribution < 1.29 is 9.47 Å². The summed E-state index contributed by atoms with van der Waals surface area (Å²) in [6, 6.07) is 10.4. The zero-order chi connectivity index (χ0) is 19.3. The number of aryl methyl sites for hydroxylation is 1. The number of aliphatic imine (C=N–C) groups is 1. The predicted octanol–water partition coefficient (Wildman–Crippen LogP) is 3.41. The Morgan fingerprint density at radius 2 is 2.00 bits per heavy atom. The minimum absolute atomic E-state index is 0.191. The fraction of sp³-hybridized carbons (Fsp3) is 0.333. The van der Waals surface area contributed by atoms with E-state index in [4.69, 9.17) is 20.3 Å². The summed E-state index contributed by atoms with van der Waals surface area (Å²) >= 11 is 1.76. The summed E-state index contributed by atoms with van der Waals surface area (Å²) in [5.41, 5.74) is 12.1. The maximum Gasteiger partial charge on any atom is 0.231 e. The summed E-state index contributed by atoms with van der Waals surface area (Å²) in [5, 5.41) is 8.17. The Bertz CT molecular complexity index is 1020. The van der Waals surface area contributed by atoms with Gasteiger partial charge in [-0.15, -0.1) is 0 Å². The Hall–Kier alpha value is -2.67. The van der Waals surface area contributed by atoms with Crippen molar-refractivity contribution in [1.82, 2.24) is 5.01 Å². The van der Waals surface area contributed by atoms with Crippen LogP contribution in [0.5, 0.6) is 11.5 Å². The number of thioether (sulfide) groups is 1. The lowest BCUT2D eigenvalue weighted by atomic mass is 9.93. The molecule has 2 N–H and O–H groups in total. The monoisotopic (exact) mass is 394 g/mol. The standard InChI is InChI=1S/C21H22N4O2S/c1-12-7-14(3-4-17(12)22)20-16-10-19-18(26-11-27-19)9-15(16)8-13(2)25(24-20)21-23-5-6-28-21/h3-4,7,9-10,13H,5-6,8,11,22H2,1-2H3/t13-/m1/s1. The van der Waals surface area contributed by atoms with E-state index >= 15 is 0 Å². The van der Waals surface area contributed by atoms with Crippen LogP contribution in [0.1, 0.15) is 29.2 Å². The van der Waals surface area contributed by atoms with Crippen molar-refractivity contribution in [3.8, 4) is 11.5 Å². The van der Waals surface area contributed by atoms with Crippen molar-refractivity contribution in [2.75, 3.05) is 24.8 Å². The molecule has 6 nitrogen and oxygen atoms in total. The van der Waals surface area contributed by atoms with Gasteiger partial charge in [0.2, 0.25) is 6.79 Å². The van der Waals surface area contributed by atoms with Gasteiger partial charge in [0.1, 0.15) is 0 Å². The van der Waals surface area contributed by atoms with Gasteiger partial charge in [0.25, 0.3) is 0 Å². The van der Waals surface area contributed by atoms with Gasteiger partial charge in [0.05, 0.1) is 18.3 Å². The maximum absolute atomic E-state index is 6.06. The lowest BCUT2D eigenvalue weighted by molar-refractivity contribution is 0.174. The van der Waals surface area contributed by atoms with Crippen LogP contribution in [-0.2, 0) is 6.42 Å². The molecule has 0 spiro atoms. The Morgan fingerprint density at radius 3 is 2.75 bits per heavy atom. The zero-order valence-electron chi connectivity index (χ0n) is 15.9. The van der Waals surface area contributed by atoms with E-state index in [0.717, 1.165) is 63.5 Å². The van der Waals surface area contributed by atoms with Crippen LogP contribution >= 0.6 is 11.8 Å². The lowest BCUT2D eigenvalue weighted by Crippen LogP contribution is -2.33. The molecular formula is C21H22N4O2S. The molecule has 7 heteroatoms. The fourth-order valence-electron chi connectivity index (χ4n) is 3.77. The molecule has 3 aliphatic heterocycles. The molecule has 0 saturated heterocycles. The molecule has 2 aromatic rings. The van der Waals surface area contributed by atoms with Crippen LogP contribution in [0.2, 0.25) is 0 Å². The van der Waals surface area contributed by atoms with Crippen molar-refractivity contribution in [3.63, 3.8) is 0 Å². The van der Waals surface area contributed by atoms with Gasteiger partial charge in [-0.05, 0) is 55.7 Å². The number of nitrogens with two attached hydrogens (primary N) is 1. The number of anilines is 1. The van der Waals surface area contributed by atoms with Crippen molar-refractivity contribution in [1.29, 1.82) is 0 Å². The number of ether oxygens (including phenoxy) is 2. The number of hydrazone groups is 1. The second-order valence-corrected chi connectivity index (χ2v) is 8.36. The highest BCUT2D eigenvalue weighted by Crippen LogP contribution is 2.38. The fourth-order valence-corrected chi connectivity index (χ4v) is 4.67. The third-order valence-corrected chi connectivity index (χ3v) is 6.26. The molecular weight excluding hydrogens is 372 g/mol. The number of benzene rings is 2. The highest BCUT2D eigenvalue weighted by molar-refractivity contribution is 8.14. The Morgan fingerprint density at radius 1 is 1.18 bits per heavy atom. The molecule has 0 radical (unpaired) electrons. The van der Waals surface area contributed by atoms with E-state index in [0.29, 0.717) is 0 Å². The molecule has 144 valence electrons. The molecule has 0 aliphatic carbocycles. The van der Waals surface area contributed by atoms with Gasteiger partial charge in [0, 0.05) is 22.6 Å². The normalized spacial score (nSPS) is 20.5. The maximum atomic E-state index is 6.06. The van der Waals surface area contributed by atoms with Gasteiger partial charge >= 0.3 is 0 Å². The molecule has 0 amide bonds. The predicted molar refractivity (Wildman–Crippen MR) is 114 cm³/mol. The van der Waals surface area contributed by atoms with Gasteiger partial charge in [-0.3, -0.25) is 4.99 Å². The van der Waals surface area contributed by atoms with Crippen LogP contribution in [0.3, 0.4) is 0 Å². The van der Waals surface area contributed by atoms with Gasteiger partial charge in [-0.25, -0.2) is 5.01 Å². The van der Waals surface area contributed by atoms with E-state index in [9.17, 15) is 0 Å². The Balaban J connectivity index is 1.70. The van der Waals surface area contributed by atoms with Crippen LogP contribution in [0, 0.1) is 6.92 Å². The largest absolute Gasteiger partial charge is 0.454 e. The minimum atomic E-state index is 0.191. The average molecular weight is 395 g/mol. The summed E-state index contributed by atoms with van der Waals surface area (Å²) < 4.78 is 11.3. The van der Waals surface area contributed by atoms with Gasteiger partial charge < -0.3 is 15.2 Å². The van der Waals surface area contributed by atoms with Crippen molar-refractivity contribution >= 4 is 28.3 Å². The molecule has 3 aliphatic rings. The van der Waals surface area contributed by atoms with Gasteiger partial charge in [-0.1, -0.05) is 17.8 Å². The molecule has 3 heterocycles. The molecule has 0 unspecified atom stereocenters. The summed E-state index contributed by atoms with van der Waals surface area (Å²) in [5.74, 6) is 2.58. The first-order chi connectivity index (χ1) is 13.6. The average Bonchev–Trinajstić information content (AvgIpc) is 3.34. The molecule has 0 bridgehead atoms. The molecule has 1 atom stereocenters. The van der Waals surface area contributed by atoms with E-state index in [1.807, 2.05) is 19.1 Å².